The Morgan fingerprint density at radius 1 is 1.04 bits per heavy atom. The number of para-hydroxylation sites is 1. The first-order valence-electron chi connectivity index (χ1n) is 8.29. The summed E-state index contributed by atoms with van der Waals surface area (Å²) in [5, 5.41) is 0.534. The Hall–Kier alpha value is -3.12. The molecule has 0 aromatic heterocycles. The van der Waals surface area contributed by atoms with Crippen molar-refractivity contribution in [2.75, 3.05) is 12.0 Å². The Morgan fingerprint density at radius 2 is 1.70 bits per heavy atom. The molecule has 4 rings (SSSR count). The van der Waals surface area contributed by atoms with Crippen molar-refractivity contribution in [1.82, 2.24) is 4.90 Å². The molecule has 2 atom stereocenters. The second-order valence-corrected chi connectivity index (χ2v) is 6.65. The fourth-order valence-corrected chi connectivity index (χ4v) is 3.64. The highest BCUT2D eigenvalue weighted by Gasteiger charge is 2.54. The predicted molar refractivity (Wildman–Crippen MR) is 99.2 cm³/mol. The average Bonchev–Trinajstić information content (AvgIpc) is 3.19. The highest BCUT2D eigenvalue weighted by atomic mass is 35.5. The van der Waals surface area contributed by atoms with Crippen molar-refractivity contribution in [1.29, 1.82) is 0 Å². The summed E-state index contributed by atoms with van der Waals surface area (Å²) in [5.74, 6) is -0.972. The molecule has 0 bridgehead atoms. The van der Waals surface area contributed by atoms with Gasteiger partial charge in [-0.2, -0.15) is 0 Å². The van der Waals surface area contributed by atoms with Crippen LogP contribution in [0.1, 0.15) is 11.6 Å². The van der Waals surface area contributed by atoms with Crippen molar-refractivity contribution in [2.45, 2.75) is 12.1 Å². The largest absolute Gasteiger partial charge is 0.466 e. The van der Waals surface area contributed by atoms with Gasteiger partial charge in [-0.25, -0.2) is 14.5 Å². The fourth-order valence-electron chi connectivity index (χ4n) is 3.51. The minimum Gasteiger partial charge on any atom is -0.466 e. The zero-order valence-electron chi connectivity index (χ0n) is 14.3. The average molecular weight is 383 g/mol. The SMILES string of the molecule is COC(=O)C1=C[C@H]2C(=O)N(c3ccccc3)C(=O)N2[C@@H]1c1ccc(Cl)cc1. The number of methoxy groups -OCH3 is 1. The molecule has 2 aliphatic heterocycles. The number of amides is 3. The first-order chi connectivity index (χ1) is 13.0. The number of urea groups is 1. The van der Waals surface area contributed by atoms with Crippen LogP contribution in [0.3, 0.4) is 0 Å². The van der Waals surface area contributed by atoms with Gasteiger partial charge < -0.3 is 4.74 Å². The standard InChI is InChI=1S/C20H15ClN2O4/c1-27-19(25)15-11-16-18(24)22(14-5-3-2-4-6-14)20(26)23(16)17(15)12-7-9-13(21)10-8-12/h2-11,16-17H,1H3/t16-,17+/m0/s1. The van der Waals surface area contributed by atoms with Crippen LogP contribution in [-0.2, 0) is 14.3 Å². The van der Waals surface area contributed by atoms with E-state index >= 15 is 0 Å². The first-order valence-corrected chi connectivity index (χ1v) is 8.67. The molecule has 2 aromatic rings. The van der Waals surface area contributed by atoms with Gasteiger partial charge in [0.1, 0.15) is 6.04 Å². The van der Waals surface area contributed by atoms with Gasteiger partial charge in [-0.05, 0) is 35.9 Å². The maximum absolute atomic E-state index is 13.1. The molecule has 0 radical (unpaired) electrons. The summed E-state index contributed by atoms with van der Waals surface area (Å²) in [6.07, 6.45) is 1.51. The molecule has 3 amide bonds. The third-order valence-electron chi connectivity index (χ3n) is 4.72. The van der Waals surface area contributed by atoms with E-state index in [4.69, 9.17) is 16.3 Å². The Bertz CT molecular complexity index is 956. The number of benzene rings is 2. The number of rotatable bonds is 3. The number of carbonyl (C=O) groups excluding carboxylic acids is 3. The summed E-state index contributed by atoms with van der Waals surface area (Å²) >= 11 is 5.96. The highest BCUT2D eigenvalue weighted by molar-refractivity contribution is 6.30. The number of nitrogens with zero attached hydrogens (tertiary/aromatic N) is 2. The van der Waals surface area contributed by atoms with Crippen LogP contribution in [0.4, 0.5) is 10.5 Å². The molecule has 136 valence electrons. The van der Waals surface area contributed by atoms with Gasteiger partial charge in [0.15, 0.2) is 0 Å². The number of fused-ring (bicyclic) bond motifs is 1. The number of hydrogen-bond acceptors (Lipinski definition) is 4. The summed E-state index contributed by atoms with van der Waals surface area (Å²) in [4.78, 5) is 40.9. The molecule has 0 spiro atoms. The van der Waals surface area contributed by atoms with Gasteiger partial charge in [-0.15, -0.1) is 0 Å². The molecule has 0 unspecified atom stereocenters. The van der Waals surface area contributed by atoms with Gasteiger partial charge in [0.05, 0.1) is 24.4 Å². The molecule has 0 aliphatic carbocycles. The van der Waals surface area contributed by atoms with Gasteiger partial charge in [-0.1, -0.05) is 41.9 Å². The van der Waals surface area contributed by atoms with E-state index in [2.05, 4.69) is 0 Å². The zero-order chi connectivity index (χ0) is 19.1. The lowest BCUT2D eigenvalue weighted by molar-refractivity contribution is -0.136. The van der Waals surface area contributed by atoms with Crippen molar-refractivity contribution in [3.8, 4) is 0 Å². The van der Waals surface area contributed by atoms with E-state index in [0.717, 1.165) is 4.90 Å². The normalized spacial score (nSPS) is 21.3. The van der Waals surface area contributed by atoms with Crippen LogP contribution in [0, 0.1) is 0 Å². The molecule has 7 heteroatoms. The topological polar surface area (TPSA) is 66.9 Å². The van der Waals surface area contributed by atoms with E-state index < -0.39 is 30.0 Å². The number of imide groups is 1. The molecule has 1 saturated heterocycles. The van der Waals surface area contributed by atoms with Crippen molar-refractivity contribution < 1.29 is 19.1 Å². The minimum absolute atomic E-state index is 0.263. The molecule has 27 heavy (non-hydrogen) atoms. The predicted octanol–water partition coefficient (Wildman–Crippen LogP) is 3.33. The quantitative estimate of drug-likeness (QED) is 0.603. The number of anilines is 1. The van der Waals surface area contributed by atoms with Crippen LogP contribution in [0.25, 0.3) is 0 Å². The number of esters is 1. The van der Waals surface area contributed by atoms with Gasteiger partial charge in [0.2, 0.25) is 0 Å². The van der Waals surface area contributed by atoms with Gasteiger partial charge in [-0.3, -0.25) is 9.69 Å². The second-order valence-electron chi connectivity index (χ2n) is 6.21. The lowest BCUT2D eigenvalue weighted by atomic mass is 10.00. The molecular formula is C20H15ClN2O4. The number of ether oxygens (including phenoxy) is 1. The highest BCUT2D eigenvalue weighted by Crippen LogP contribution is 2.43. The van der Waals surface area contributed by atoms with Crippen molar-refractivity contribution >= 4 is 35.2 Å². The van der Waals surface area contributed by atoms with Crippen LogP contribution in [-0.4, -0.2) is 36.0 Å². The Morgan fingerprint density at radius 3 is 2.33 bits per heavy atom. The summed E-state index contributed by atoms with van der Waals surface area (Å²) in [5.41, 5.74) is 1.43. The van der Waals surface area contributed by atoms with Crippen LogP contribution in [0.5, 0.6) is 0 Å². The lowest BCUT2D eigenvalue weighted by Crippen LogP contribution is -2.36. The summed E-state index contributed by atoms with van der Waals surface area (Å²) in [7, 11) is 1.27. The minimum atomic E-state index is -0.854. The van der Waals surface area contributed by atoms with Crippen LogP contribution < -0.4 is 4.90 Å². The summed E-state index contributed by atoms with van der Waals surface area (Å²) in [6.45, 7) is 0. The van der Waals surface area contributed by atoms with E-state index in [-0.39, 0.29) is 5.57 Å². The van der Waals surface area contributed by atoms with Crippen molar-refractivity contribution in [2.24, 2.45) is 0 Å². The van der Waals surface area contributed by atoms with Crippen molar-refractivity contribution in [3.63, 3.8) is 0 Å². The van der Waals surface area contributed by atoms with Crippen LogP contribution in [0.2, 0.25) is 5.02 Å². The molecule has 0 saturated carbocycles. The smallest absolute Gasteiger partial charge is 0.335 e. The zero-order valence-corrected chi connectivity index (χ0v) is 15.1. The summed E-state index contributed by atoms with van der Waals surface area (Å²) in [6, 6.07) is 13.5. The molecular weight excluding hydrogens is 368 g/mol. The maximum Gasteiger partial charge on any atom is 0.335 e. The van der Waals surface area contributed by atoms with E-state index in [1.165, 1.54) is 18.1 Å². The van der Waals surface area contributed by atoms with Crippen LogP contribution >= 0.6 is 11.6 Å². The number of carbonyl (C=O) groups is 3. The third-order valence-corrected chi connectivity index (χ3v) is 4.97. The van der Waals surface area contributed by atoms with Gasteiger partial charge in [0, 0.05) is 5.02 Å². The number of hydrogen-bond donors (Lipinski definition) is 0. The molecule has 2 aromatic carbocycles. The fraction of sp³-hybridized carbons (Fsp3) is 0.150. The molecule has 1 fully saturated rings. The first kappa shape index (κ1) is 17.3. The number of halogens is 1. The molecule has 2 aliphatic rings. The van der Waals surface area contributed by atoms with E-state index in [1.807, 2.05) is 0 Å². The molecule has 6 nitrogen and oxygen atoms in total. The molecule has 2 heterocycles. The molecule has 0 N–H and O–H groups in total. The van der Waals surface area contributed by atoms with E-state index in [1.54, 1.807) is 54.6 Å². The van der Waals surface area contributed by atoms with E-state index in [9.17, 15) is 14.4 Å². The Kier molecular flexibility index (Phi) is 4.20. The lowest BCUT2D eigenvalue weighted by Gasteiger charge is -2.26. The second kappa shape index (κ2) is 6.55. The van der Waals surface area contributed by atoms with Crippen molar-refractivity contribution in [3.05, 3.63) is 76.8 Å². The Balaban J connectivity index is 1.80. The van der Waals surface area contributed by atoms with Crippen LogP contribution in [0.15, 0.2) is 66.2 Å². The van der Waals surface area contributed by atoms with E-state index in [0.29, 0.717) is 16.3 Å². The maximum atomic E-state index is 13.1. The third kappa shape index (κ3) is 2.69. The van der Waals surface area contributed by atoms with Gasteiger partial charge in [0.25, 0.3) is 5.91 Å². The monoisotopic (exact) mass is 382 g/mol. The van der Waals surface area contributed by atoms with Gasteiger partial charge >= 0.3 is 12.0 Å². The summed E-state index contributed by atoms with van der Waals surface area (Å²) < 4.78 is 4.86. The Labute approximate surface area is 160 Å².